The van der Waals surface area contributed by atoms with E-state index in [1.54, 1.807) is 7.11 Å². The van der Waals surface area contributed by atoms with Crippen LogP contribution in [0.5, 0.6) is 5.75 Å². The molecule has 1 amide bonds. The van der Waals surface area contributed by atoms with Crippen molar-refractivity contribution >= 4 is 11.6 Å². The maximum atomic E-state index is 12.2. The van der Waals surface area contributed by atoms with Crippen LogP contribution >= 0.6 is 0 Å². The van der Waals surface area contributed by atoms with Crippen LogP contribution < -0.4 is 9.64 Å². The molecule has 0 saturated heterocycles. The van der Waals surface area contributed by atoms with E-state index < -0.39 is 0 Å². The second-order valence-corrected chi connectivity index (χ2v) is 4.52. The zero-order valence-electron chi connectivity index (χ0n) is 10.7. The minimum Gasteiger partial charge on any atom is -0.497 e. The van der Waals surface area contributed by atoms with Gasteiger partial charge in [0.15, 0.2) is 0 Å². The molecule has 1 unspecified atom stereocenters. The Hall–Kier alpha value is -1.51. The Kier molecular flexibility index (Phi) is 3.36. The quantitative estimate of drug-likeness (QED) is 0.786. The van der Waals surface area contributed by atoms with Crippen molar-refractivity contribution in [1.29, 1.82) is 0 Å². The van der Waals surface area contributed by atoms with Crippen molar-refractivity contribution in [3.63, 3.8) is 0 Å². The highest BCUT2D eigenvalue weighted by Gasteiger charge is 2.26. The van der Waals surface area contributed by atoms with Gasteiger partial charge in [-0.3, -0.25) is 4.79 Å². The van der Waals surface area contributed by atoms with Gasteiger partial charge in [-0.15, -0.1) is 0 Å². The first kappa shape index (κ1) is 12.0. The third kappa shape index (κ3) is 2.14. The summed E-state index contributed by atoms with van der Waals surface area (Å²) in [7, 11) is 1.65. The highest BCUT2D eigenvalue weighted by Crippen LogP contribution is 2.32. The summed E-state index contributed by atoms with van der Waals surface area (Å²) in [5.41, 5.74) is 2.26. The number of amides is 1. The Morgan fingerprint density at radius 2 is 2.24 bits per heavy atom. The summed E-state index contributed by atoms with van der Waals surface area (Å²) in [5, 5.41) is 0. The lowest BCUT2D eigenvalue weighted by Gasteiger charge is -2.23. The largest absolute Gasteiger partial charge is 0.497 e. The van der Waals surface area contributed by atoms with Crippen molar-refractivity contribution in [3.05, 3.63) is 23.8 Å². The number of ether oxygens (including phenoxy) is 1. The molecule has 1 aromatic carbocycles. The summed E-state index contributed by atoms with van der Waals surface area (Å²) in [4.78, 5) is 14.1. The molecule has 1 aromatic rings. The predicted octanol–water partition coefficient (Wildman–Crippen LogP) is 2.63. The van der Waals surface area contributed by atoms with Gasteiger partial charge in [-0.25, -0.2) is 0 Å². The first-order valence-electron chi connectivity index (χ1n) is 6.15. The molecule has 0 spiro atoms. The SMILES string of the molecule is CCN1C(=O)C(C)CCc2ccc(OC)cc21. The van der Waals surface area contributed by atoms with E-state index in [-0.39, 0.29) is 11.8 Å². The van der Waals surface area contributed by atoms with Gasteiger partial charge in [0.05, 0.1) is 12.8 Å². The van der Waals surface area contributed by atoms with Crippen molar-refractivity contribution in [1.82, 2.24) is 0 Å². The van der Waals surface area contributed by atoms with E-state index in [0.29, 0.717) is 6.54 Å². The summed E-state index contributed by atoms with van der Waals surface area (Å²) >= 11 is 0. The van der Waals surface area contributed by atoms with Crippen LogP contribution in [0, 0.1) is 5.92 Å². The van der Waals surface area contributed by atoms with Gasteiger partial charge in [0.25, 0.3) is 0 Å². The number of anilines is 1. The molecule has 1 atom stereocenters. The zero-order chi connectivity index (χ0) is 12.4. The fourth-order valence-corrected chi connectivity index (χ4v) is 2.34. The van der Waals surface area contributed by atoms with Gasteiger partial charge in [0, 0.05) is 18.5 Å². The average Bonchev–Trinajstić information content (AvgIpc) is 2.47. The molecular formula is C14H19NO2. The molecule has 0 saturated carbocycles. The second kappa shape index (κ2) is 4.78. The second-order valence-electron chi connectivity index (χ2n) is 4.52. The number of nitrogens with zero attached hydrogens (tertiary/aromatic N) is 1. The molecular weight excluding hydrogens is 214 g/mol. The van der Waals surface area contributed by atoms with Crippen LogP contribution in [0.15, 0.2) is 18.2 Å². The van der Waals surface area contributed by atoms with Gasteiger partial charge >= 0.3 is 0 Å². The number of aryl methyl sites for hydroxylation is 1. The Morgan fingerprint density at radius 1 is 1.47 bits per heavy atom. The Labute approximate surface area is 102 Å². The standard InChI is InChI=1S/C14H19NO2/c1-4-15-13-9-12(17-3)8-7-11(13)6-5-10(2)14(15)16/h7-10H,4-6H2,1-3H3. The van der Waals surface area contributed by atoms with Crippen LogP contribution in [-0.4, -0.2) is 19.6 Å². The molecule has 0 bridgehead atoms. The van der Waals surface area contributed by atoms with E-state index in [0.717, 1.165) is 24.3 Å². The molecule has 0 aromatic heterocycles. The van der Waals surface area contributed by atoms with Gasteiger partial charge in [-0.05, 0) is 31.4 Å². The van der Waals surface area contributed by atoms with Crippen LogP contribution in [0.25, 0.3) is 0 Å². The molecule has 17 heavy (non-hydrogen) atoms. The maximum Gasteiger partial charge on any atom is 0.229 e. The third-order valence-corrected chi connectivity index (χ3v) is 3.43. The van der Waals surface area contributed by atoms with Gasteiger partial charge < -0.3 is 9.64 Å². The lowest BCUT2D eigenvalue weighted by molar-refractivity contribution is -0.121. The molecule has 2 rings (SSSR count). The van der Waals surface area contributed by atoms with Gasteiger partial charge in [-0.2, -0.15) is 0 Å². The number of hydrogen-bond acceptors (Lipinski definition) is 2. The third-order valence-electron chi connectivity index (χ3n) is 3.43. The molecule has 0 fully saturated rings. The maximum absolute atomic E-state index is 12.2. The number of carbonyl (C=O) groups excluding carboxylic acids is 1. The fraction of sp³-hybridized carbons (Fsp3) is 0.500. The highest BCUT2D eigenvalue weighted by atomic mass is 16.5. The molecule has 1 heterocycles. The van der Waals surface area contributed by atoms with E-state index in [9.17, 15) is 4.79 Å². The first-order chi connectivity index (χ1) is 8.17. The lowest BCUT2D eigenvalue weighted by Crippen LogP contribution is -2.34. The minimum atomic E-state index is 0.105. The molecule has 92 valence electrons. The minimum absolute atomic E-state index is 0.105. The van der Waals surface area contributed by atoms with E-state index in [4.69, 9.17) is 4.74 Å². The van der Waals surface area contributed by atoms with Crippen LogP contribution in [-0.2, 0) is 11.2 Å². The highest BCUT2D eigenvalue weighted by molar-refractivity contribution is 5.96. The van der Waals surface area contributed by atoms with E-state index in [1.165, 1.54) is 5.56 Å². The van der Waals surface area contributed by atoms with E-state index >= 15 is 0 Å². The summed E-state index contributed by atoms with van der Waals surface area (Å²) in [6.07, 6.45) is 1.89. The van der Waals surface area contributed by atoms with Crippen LogP contribution in [0.3, 0.4) is 0 Å². The van der Waals surface area contributed by atoms with Gasteiger partial charge in [0.2, 0.25) is 5.91 Å². The topological polar surface area (TPSA) is 29.5 Å². The lowest BCUT2D eigenvalue weighted by atomic mass is 10.0. The van der Waals surface area contributed by atoms with Crippen molar-refractivity contribution in [2.45, 2.75) is 26.7 Å². The summed E-state index contributed by atoms with van der Waals surface area (Å²) < 4.78 is 5.24. The fourth-order valence-electron chi connectivity index (χ4n) is 2.34. The van der Waals surface area contributed by atoms with Crippen molar-refractivity contribution in [3.8, 4) is 5.75 Å². The normalized spacial score (nSPS) is 19.8. The van der Waals surface area contributed by atoms with Crippen LogP contribution in [0.2, 0.25) is 0 Å². The molecule has 3 heteroatoms. The molecule has 0 aliphatic carbocycles. The number of fused-ring (bicyclic) bond motifs is 1. The number of rotatable bonds is 2. The Bertz CT molecular complexity index is 428. The molecule has 0 radical (unpaired) electrons. The molecule has 1 aliphatic heterocycles. The predicted molar refractivity (Wildman–Crippen MR) is 68.5 cm³/mol. The van der Waals surface area contributed by atoms with E-state index in [2.05, 4.69) is 6.07 Å². The van der Waals surface area contributed by atoms with Crippen molar-refractivity contribution in [2.75, 3.05) is 18.6 Å². The van der Waals surface area contributed by atoms with Crippen LogP contribution in [0.1, 0.15) is 25.8 Å². The van der Waals surface area contributed by atoms with Crippen molar-refractivity contribution in [2.24, 2.45) is 5.92 Å². The van der Waals surface area contributed by atoms with Crippen LogP contribution in [0.4, 0.5) is 5.69 Å². The molecule has 0 N–H and O–H groups in total. The number of benzene rings is 1. The van der Waals surface area contributed by atoms with Gasteiger partial charge in [-0.1, -0.05) is 13.0 Å². The van der Waals surface area contributed by atoms with Crippen molar-refractivity contribution < 1.29 is 9.53 Å². The molecule has 1 aliphatic rings. The van der Waals surface area contributed by atoms with E-state index in [1.807, 2.05) is 30.9 Å². The summed E-state index contributed by atoms with van der Waals surface area (Å²) in [6, 6.07) is 6.00. The zero-order valence-corrected chi connectivity index (χ0v) is 10.7. The number of methoxy groups -OCH3 is 1. The summed E-state index contributed by atoms with van der Waals surface area (Å²) in [6.45, 7) is 4.73. The average molecular weight is 233 g/mol. The number of carbonyl (C=O) groups is 1. The smallest absolute Gasteiger partial charge is 0.229 e. The first-order valence-corrected chi connectivity index (χ1v) is 6.15. The monoisotopic (exact) mass is 233 g/mol. The Morgan fingerprint density at radius 3 is 2.88 bits per heavy atom. The van der Waals surface area contributed by atoms with Gasteiger partial charge in [0.1, 0.15) is 5.75 Å². The molecule has 3 nitrogen and oxygen atoms in total. The number of hydrogen-bond donors (Lipinski definition) is 0. The summed E-state index contributed by atoms with van der Waals surface area (Å²) in [5.74, 6) is 1.14. The Balaban J connectivity index is 2.48.